The summed E-state index contributed by atoms with van der Waals surface area (Å²) in [6, 6.07) is 10.7. The number of rotatable bonds is 6. The molecule has 0 radical (unpaired) electrons. The summed E-state index contributed by atoms with van der Waals surface area (Å²) in [6.45, 7) is 4.06. The first kappa shape index (κ1) is 19.0. The summed E-state index contributed by atoms with van der Waals surface area (Å²) in [6.07, 6.45) is 0. The number of carbonyl (C=O) groups excluding carboxylic acids is 1. The van der Waals surface area contributed by atoms with Crippen LogP contribution in [0, 0.1) is 0 Å². The standard InChI is InChI=1S/C17H16BrClN4O2S/c1-10(2)23-16(13-7-8-14(18)25-13)21-22-17(23)26-9-15(24)20-12-5-3-11(19)4-6-12/h3-8,10H,9H2,1-2H3,(H,20,24). The SMILES string of the molecule is CC(C)n1c(SCC(=O)Nc2ccc(Cl)cc2)nnc1-c1ccc(Br)o1. The second-order valence-corrected chi connectivity index (χ2v) is 7.88. The van der Waals surface area contributed by atoms with Crippen molar-refractivity contribution >= 4 is 50.9 Å². The lowest BCUT2D eigenvalue weighted by Gasteiger charge is -2.12. The fourth-order valence-corrected chi connectivity index (χ4v) is 3.60. The van der Waals surface area contributed by atoms with Crippen molar-refractivity contribution in [2.75, 3.05) is 11.1 Å². The average Bonchev–Trinajstić information content (AvgIpc) is 3.21. The van der Waals surface area contributed by atoms with Crippen molar-refractivity contribution in [1.29, 1.82) is 0 Å². The third kappa shape index (κ3) is 4.49. The Morgan fingerprint density at radius 1 is 1.27 bits per heavy atom. The third-order valence-corrected chi connectivity index (χ3v) is 5.06. The molecule has 0 fully saturated rings. The van der Waals surface area contributed by atoms with E-state index in [1.807, 2.05) is 24.5 Å². The van der Waals surface area contributed by atoms with Gasteiger partial charge in [0.2, 0.25) is 11.7 Å². The molecule has 0 spiro atoms. The van der Waals surface area contributed by atoms with E-state index in [0.29, 0.717) is 32.1 Å². The summed E-state index contributed by atoms with van der Waals surface area (Å²) < 4.78 is 8.16. The molecule has 0 aliphatic carbocycles. The maximum atomic E-state index is 12.2. The van der Waals surface area contributed by atoms with E-state index in [9.17, 15) is 4.79 Å². The molecule has 26 heavy (non-hydrogen) atoms. The first-order chi connectivity index (χ1) is 12.4. The van der Waals surface area contributed by atoms with Gasteiger partial charge >= 0.3 is 0 Å². The van der Waals surface area contributed by atoms with Crippen molar-refractivity contribution in [1.82, 2.24) is 14.8 Å². The molecule has 0 bridgehead atoms. The van der Waals surface area contributed by atoms with Crippen LogP contribution in [0.5, 0.6) is 0 Å². The van der Waals surface area contributed by atoms with Crippen LogP contribution in [0.1, 0.15) is 19.9 Å². The number of carbonyl (C=O) groups is 1. The Kier molecular flexibility index (Phi) is 6.05. The van der Waals surface area contributed by atoms with Gasteiger partial charge in [0.15, 0.2) is 15.6 Å². The first-order valence-electron chi connectivity index (χ1n) is 7.83. The Balaban J connectivity index is 1.70. The van der Waals surface area contributed by atoms with Gasteiger partial charge in [-0.15, -0.1) is 10.2 Å². The van der Waals surface area contributed by atoms with Gasteiger partial charge in [-0.2, -0.15) is 0 Å². The van der Waals surface area contributed by atoms with Gasteiger partial charge in [0.05, 0.1) is 5.75 Å². The molecule has 2 heterocycles. The number of hydrogen-bond acceptors (Lipinski definition) is 5. The monoisotopic (exact) mass is 454 g/mol. The predicted octanol–water partition coefficient (Wildman–Crippen LogP) is 5.27. The zero-order valence-electron chi connectivity index (χ0n) is 14.1. The fraction of sp³-hybridized carbons (Fsp3) is 0.235. The van der Waals surface area contributed by atoms with E-state index in [2.05, 4.69) is 31.4 Å². The minimum absolute atomic E-state index is 0.116. The average molecular weight is 456 g/mol. The molecule has 0 atom stereocenters. The van der Waals surface area contributed by atoms with Gasteiger partial charge < -0.3 is 9.73 Å². The van der Waals surface area contributed by atoms with Crippen molar-refractivity contribution in [3.63, 3.8) is 0 Å². The smallest absolute Gasteiger partial charge is 0.234 e. The number of benzene rings is 1. The second-order valence-electron chi connectivity index (χ2n) is 5.72. The Morgan fingerprint density at radius 3 is 2.62 bits per heavy atom. The zero-order chi connectivity index (χ0) is 18.7. The Morgan fingerprint density at radius 2 is 2.00 bits per heavy atom. The highest BCUT2D eigenvalue weighted by Gasteiger charge is 2.20. The highest BCUT2D eigenvalue weighted by molar-refractivity contribution is 9.10. The van der Waals surface area contributed by atoms with E-state index < -0.39 is 0 Å². The van der Waals surface area contributed by atoms with Gasteiger partial charge in [-0.05, 0) is 66.2 Å². The van der Waals surface area contributed by atoms with Crippen molar-refractivity contribution in [2.45, 2.75) is 25.0 Å². The van der Waals surface area contributed by atoms with Gasteiger partial charge in [0, 0.05) is 16.8 Å². The summed E-state index contributed by atoms with van der Waals surface area (Å²) in [7, 11) is 0. The molecule has 1 aromatic carbocycles. The van der Waals surface area contributed by atoms with E-state index in [0.717, 1.165) is 0 Å². The van der Waals surface area contributed by atoms with E-state index >= 15 is 0 Å². The van der Waals surface area contributed by atoms with E-state index in [1.54, 1.807) is 30.3 Å². The van der Waals surface area contributed by atoms with Crippen LogP contribution in [0.3, 0.4) is 0 Å². The fourth-order valence-electron chi connectivity index (χ4n) is 2.30. The lowest BCUT2D eigenvalue weighted by atomic mass is 10.3. The van der Waals surface area contributed by atoms with Crippen LogP contribution in [0.25, 0.3) is 11.6 Å². The molecule has 6 nitrogen and oxygen atoms in total. The first-order valence-corrected chi connectivity index (χ1v) is 9.98. The minimum atomic E-state index is -0.127. The summed E-state index contributed by atoms with van der Waals surface area (Å²) in [5, 5.41) is 12.6. The van der Waals surface area contributed by atoms with E-state index in [1.165, 1.54) is 11.8 Å². The van der Waals surface area contributed by atoms with Gasteiger partial charge in [-0.25, -0.2) is 0 Å². The van der Waals surface area contributed by atoms with Crippen molar-refractivity contribution in [2.24, 2.45) is 0 Å². The van der Waals surface area contributed by atoms with Crippen LogP contribution < -0.4 is 5.32 Å². The third-order valence-electron chi connectivity index (χ3n) is 3.43. The van der Waals surface area contributed by atoms with E-state index in [-0.39, 0.29) is 17.7 Å². The minimum Gasteiger partial charge on any atom is -0.446 e. The molecule has 136 valence electrons. The van der Waals surface area contributed by atoms with Crippen LogP contribution in [0.2, 0.25) is 5.02 Å². The summed E-state index contributed by atoms with van der Waals surface area (Å²) in [5.41, 5.74) is 0.700. The lowest BCUT2D eigenvalue weighted by Crippen LogP contribution is -2.15. The Labute approximate surface area is 168 Å². The van der Waals surface area contributed by atoms with E-state index in [4.69, 9.17) is 16.0 Å². The molecule has 0 unspecified atom stereocenters. The maximum Gasteiger partial charge on any atom is 0.234 e. The summed E-state index contributed by atoms with van der Waals surface area (Å²) >= 11 is 10.5. The quantitative estimate of drug-likeness (QED) is 0.513. The van der Waals surface area contributed by atoms with Crippen molar-refractivity contribution in [3.8, 4) is 11.6 Å². The van der Waals surface area contributed by atoms with Crippen molar-refractivity contribution < 1.29 is 9.21 Å². The lowest BCUT2D eigenvalue weighted by molar-refractivity contribution is -0.113. The number of nitrogens with zero attached hydrogens (tertiary/aromatic N) is 3. The van der Waals surface area contributed by atoms with Gasteiger partial charge in [0.1, 0.15) is 0 Å². The van der Waals surface area contributed by atoms with Crippen LogP contribution in [0.15, 0.2) is 50.6 Å². The van der Waals surface area contributed by atoms with Gasteiger partial charge in [-0.3, -0.25) is 9.36 Å². The molecule has 3 rings (SSSR count). The number of halogens is 2. The number of furan rings is 1. The Hall–Kier alpha value is -1.77. The predicted molar refractivity (Wildman–Crippen MR) is 107 cm³/mol. The largest absolute Gasteiger partial charge is 0.446 e. The number of aromatic nitrogens is 3. The normalized spacial score (nSPS) is 11.1. The van der Waals surface area contributed by atoms with Crippen molar-refractivity contribution in [3.05, 3.63) is 46.1 Å². The Bertz CT molecular complexity index is 908. The summed E-state index contributed by atoms with van der Waals surface area (Å²) in [4.78, 5) is 12.2. The number of hydrogen-bond donors (Lipinski definition) is 1. The highest BCUT2D eigenvalue weighted by Crippen LogP contribution is 2.30. The second kappa shape index (κ2) is 8.28. The van der Waals surface area contributed by atoms with Gasteiger partial charge in [-0.1, -0.05) is 23.4 Å². The number of nitrogens with one attached hydrogen (secondary N) is 1. The highest BCUT2D eigenvalue weighted by atomic mass is 79.9. The molecular formula is C17H16BrClN4O2S. The van der Waals surface area contributed by atoms with Crippen LogP contribution in [0.4, 0.5) is 5.69 Å². The van der Waals surface area contributed by atoms with Gasteiger partial charge in [0.25, 0.3) is 0 Å². The molecular weight excluding hydrogens is 440 g/mol. The molecule has 1 amide bonds. The molecule has 0 aliphatic heterocycles. The molecule has 9 heteroatoms. The van der Waals surface area contributed by atoms with Crippen LogP contribution >= 0.6 is 39.3 Å². The zero-order valence-corrected chi connectivity index (χ0v) is 17.2. The molecule has 3 aromatic rings. The number of anilines is 1. The topological polar surface area (TPSA) is 73.0 Å². The molecule has 2 aromatic heterocycles. The number of thioether (sulfide) groups is 1. The maximum absolute atomic E-state index is 12.2. The molecule has 0 saturated carbocycles. The molecule has 1 N–H and O–H groups in total. The van der Waals surface area contributed by atoms with Crippen LogP contribution in [-0.2, 0) is 4.79 Å². The number of amides is 1. The molecule has 0 saturated heterocycles. The van der Waals surface area contributed by atoms with Crippen LogP contribution in [-0.4, -0.2) is 26.4 Å². The molecule has 0 aliphatic rings. The summed E-state index contributed by atoms with van der Waals surface area (Å²) in [5.74, 6) is 1.34.